The molecule has 0 saturated heterocycles. The average molecular weight is 244 g/mol. The Kier molecular flexibility index (Phi) is 4.00. The molecule has 0 radical (unpaired) electrons. The van der Waals surface area contributed by atoms with E-state index in [0.717, 1.165) is 18.4 Å². The second-order valence-corrected chi connectivity index (χ2v) is 5.05. The second kappa shape index (κ2) is 5.51. The lowest BCUT2D eigenvalue weighted by atomic mass is 9.73. The Morgan fingerprint density at radius 3 is 3.00 bits per heavy atom. The van der Waals surface area contributed by atoms with E-state index in [9.17, 15) is 5.26 Å². The third-order valence-corrected chi connectivity index (χ3v) is 3.86. The van der Waals surface area contributed by atoms with Crippen LogP contribution in [-0.2, 0) is 5.54 Å². The van der Waals surface area contributed by atoms with E-state index in [0.29, 0.717) is 18.9 Å². The summed E-state index contributed by atoms with van der Waals surface area (Å²) in [5, 5.41) is 21.8. The minimum atomic E-state index is -0.571. The van der Waals surface area contributed by atoms with Crippen molar-refractivity contribution in [3.8, 4) is 6.07 Å². The molecule has 1 aromatic carbocycles. The maximum atomic E-state index is 9.60. The number of hydrogen-bond donors (Lipinski definition) is 2. The predicted octanol–water partition coefficient (Wildman–Crippen LogP) is 2.27. The van der Waals surface area contributed by atoms with E-state index in [2.05, 4.69) is 30.4 Å². The zero-order valence-corrected chi connectivity index (χ0v) is 10.8. The third kappa shape index (κ3) is 2.27. The number of rotatable bonds is 4. The van der Waals surface area contributed by atoms with Gasteiger partial charge in [-0.1, -0.05) is 31.2 Å². The Morgan fingerprint density at radius 2 is 2.28 bits per heavy atom. The van der Waals surface area contributed by atoms with E-state index < -0.39 is 5.54 Å². The van der Waals surface area contributed by atoms with Gasteiger partial charge in [0.2, 0.25) is 0 Å². The molecule has 18 heavy (non-hydrogen) atoms. The summed E-state index contributed by atoms with van der Waals surface area (Å²) in [6, 6.07) is 10.7. The molecule has 1 aliphatic rings. The number of fused-ring (bicyclic) bond motifs is 1. The molecule has 2 N–H and O–H groups in total. The summed E-state index contributed by atoms with van der Waals surface area (Å²) in [6.45, 7) is 3.05. The Labute approximate surface area is 108 Å². The summed E-state index contributed by atoms with van der Waals surface area (Å²) in [4.78, 5) is 0. The normalized spacial score (nSPS) is 26.4. The van der Waals surface area contributed by atoms with Gasteiger partial charge < -0.3 is 5.11 Å². The summed E-state index contributed by atoms with van der Waals surface area (Å²) in [6.07, 6.45) is 2.55. The zero-order valence-electron chi connectivity index (χ0n) is 10.8. The van der Waals surface area contributed by atoms with E-state index in [1.807, 2.05) is 12.1 Å². The van der Waals surface area contributed by atoms with Crippen molar-refractivity contribution in [1.82, 2.24) is 5.32 Å². The number of nitriles is 1. The summed E-state index contributed by atoms with van der Waals surface area (Å²) in [5.41, 5.74) is 1.82. The molecule has 0 amide bonds. The smallest absolute Gasteiger partial charge is 0.132 e. The Balaban J connectivity index is 2.32. The molecule has 0 aromatic heterocycles. The molecule has 3 heteroatoms. The topological polar surface area (TPSA) is 56.0 Å². The highest BCUT2D eigenvalue weighted by atomic mass is 16.3. The van der Waals surface area contributed by atoms with Crippen molar-refractivity contribution < 1.29 is 5.11 Å². The Hall–Kier alpha value is -1.37. The minimum Gasteiger partial charge on any atom is -0.396 e. The van der Waals surface area contributed by atoms with Gasteiger partial charge in [0.05, 0.1) is 6.07 Å². The van der Waals surface area contributed by atoms with Gasteiger partial charge in [0, 0.05) is 6.61 Å². The predicted molar refractivity (Wildman–Crippen MR) is 71.1 cm³/mol. The number of benzene rings is 1. The van der Waals surface area contributed by atoms with Crippen molar-refractivity contribution in [2.75, 3.05) is 13.2 Å². The van der Waals surface area contributed by atoms with Gasteiger partial charge in [0.25, 0.3) is 0 Å². The first-order valence-electron chi connectivity index (χ1n) is 6.60. The molecule has 0 bridgehead atoms. The molecule has 1 aromatic rings. The summed E-state index contributed by atoms with van der Waals surface area (Å²) in [5.74, 6) is 0.516. The number of hydrogen-bond acceptors (Lipinski definition) is 3. The van der Waals surface area contributed by atoms with Crippen molar-refractivity contribution in [2.45, 2.75) is 37.6 Å². The first-order valence-corrected chi connectivity index (χ1v) is 6.60. The largest absolute Gasteiger partial charge is 0.396 e. The minimum absolute atomic E-state index is 0.159. The summed E-state index contributed by atoms with van der Waals surface area (Å²) < 4.78 is 0. The molecule has 0 heterocycles. The lowest BCUT2D eigenvalue weighted by Gasteiger charge is -2.37. The average Bonchev–Trinajstić information content (AvgIpc) is 2.42. The number of nitrogens with one attached hydrogen (secondary N) is 1. The van der Waals surface area contributed by atoms with Crippen molar-refractivity contribution in [3.63, 3.8) is 0 Å². The second-order valence-electron chi connectivity index (χ2n) is 5.05. The molecule has 2 rings (SSSR count). The molecule has 96 valence electrons. The van der Waals surface area contributed by atoms with Crippen LogP contribution in [0.1, 0.15) is 43.2 Å². The van der Waals surface area contributed by atoms with E-state index in [4.69, 9.17) is 5.11 Å². The van der Waals surface area contributed by atoms with E-state index in [1.54, 1.807) is 0 Å². The van der Waals surface area contributed by atoms with Gasteiger partial charge in [-0.15, -0.1) is 0 Å². The SMILES string of the molecule is CC1CCC(C#N)(NCCCO)c2ccccc21. The van der Waals surface area contributed by atoms with Gasteiger partial charge in [-0.2, -0.15) is 5.26 Å². The summed E-state index contributed by atoms with van der Waals surface area (Å²) >= 11 is 0. The lowest BCUT2D eigenvalue weighted by molar-refractivity contribution is 0.271. The molecule has 0 aliphatic heterocycles. The van der Waals surface area contributed by atoms with Crippen LogP contribution in [0, 0.1) is 11.3 Å². The van der Waals surface area contributed by atoms with Gasteiger partial charge >= 0.3 is 0 Å². The van der Waals surface area contributed by atoms with Crippen LogP contribution < -0.4 is 5.32 Å². The molecule has 0 fully saturated rings. The molecule has 0 saturated carbocycles. The van der Waals surface area contributed by atoms with Crippen LogP contribution in [0.2, 0.25) is 0 Å². The van der Waals surface area contributed by atoms with Crippen LogP contribution in [0.5, 0.6) is 0 Å². The fourth-order valence-corrected chi connectivity index (χ4v) is 2.76. The first kappa shape index (κ1) is 13.1. The fourth-order valence-electron chi connectivity index (χ4n) is 2.76. The molecule has 0 spiro atoms. The number of aliphatic hydroxyl groups is 1. The quantitative estimate of drug-likeness (QED) is 0.799. The number of aliphatic hydroxyl groups excluding tert-OH is 1. The monoisotopic (exact) mass is 244 g/mol. The highest BCUT2D eigenvalue weighted by Gasteiger charge is 2.38. The zero-order chi connectivity index (χ0) is 13.0. The van der Waals surface area contributed by atoms with Gasteiger partial charge in [-0.3, -0.25) is 5.32 Å². The van der Waals surface area contributed by atoms with Crippen molar-refractivity contribution >= 4 is 0 Å². The van der Waals surface area contributed by atoms with Crippen molar-refractivity contribution in [1.29, 1.82) is 5.26 Å². The lowest BCUT2D eigenvalue weighted by Crippen LogP contribution is -2.44. The van der Waals surface area contributed by atoms with E-state index in [1.165, 1.54) is 5.56 Å². The van der Waals surface area contributed by atoms with Crippen LogP contribution in [-0.4, -0.2) is 18.3 Å². The van der Waals surface area contributed by atoms with Crippen LogP contribution in [0.4, 0.5) is 0 Å². The standard InChI is InChI=1S/C15H20N2O/c1-12-7-8-15(11-16,17-9-4-10-18)14-6-3-2-5-13(12)14/h2-3,5-6,12,17-18H,4,7-10H2,1H3. The maximum absolute atomic E-state index is 9.60. The van der Waals surface area contributed by atoms with E-state index in [-0.39, 0.29) is 6.61 Å². The molecular weight excluding hydrogens is 224 g/mol. The highest BCUT2D eigenvalue weighted by Crippen LogP contribution is 2.40. The molecule has 2 atom stereocenters. The Bertz CT molecular complexity index is 452. The maximum Gasteiger partial charge on any atom is 0.132 e. The molecule has 3 nitrogen and oxygen atoms in total. The first-order chi connectivity index (χ1) is 8.73. The Morgan fingerprint density at radius 1 is 1.50 bits per heavy atom. The summed E-state index contributed by atoms with van der Waals surface area (Å²) in [7, 11) is 0. The molecular formula is C15H20N2O. The van der Waals surface area contributed by atoms with Crippen LogP contribution >= 0.6 is 0 Å². The van der Waals surface area contributed by atoms with Crippen LogP contribution in [0.15, 0.2) is 24.3 Å². The number of nitrogens with zero attached hydrogens (tertiary/aromatic N) is 1. The van der Waals surface area contributed by atoms with Crippen LogP contribution in [0.25, 0.3) is 0 Å². The molecule has 1 aliphatic carbocycles. The van der Waals surface area contributed by atoms with Gasteiger partial charge in [-0.05, 0) is 42.9 Å². The van der Waals surface area contributed by atoms with Gasteiger partial charge in [0.1, 0.15) is 5.54 Å². The highest BCUT2D eigenvalue weighted by molar-refractivity contribution is 5.42. The molecule has 2 unspecified atom stereocenters. The van der Waals surface area contributed by atoms with E-state index >= 15 is 0 Å². The van der Waals surface area contributed by atoms with Gasteiger partial charge in [0.15, 0.2) is 0 Å². The van der Waals surface area contributed by atoms with Crippen molar-refractivity contribution in [3.05, 3.63) is 35.4 Å². The van der Waals surface area contributed by atoms with Crippen LogP contribution in [0.3, 0.4) is 0 Å². The van der Waals surface area contributed by atoms with Crippen molar-refractivity contribution in [2.24, 2.45) is 0 Å². The fraction of sp³-hybridized carbons (Fsp3) is 0.533. The third-order valence-electron chi connectivity index (χ3n) is 3.86. The van der Waals surface area contributed by atoms with Gasteiger partial charge in [-0.25, -0.2) is 0 Å².